The quantitative estimate of drug-likeness (QED) is 0.416. The van der Waals surface area contributed by atoms with E-state index in [0.29, 0.717) is 51.3 Å². The highest BCUT2D eigenvalue weighted by molar-refractivity contribution is 5.89. The highest BCUT2D eigenvalue weighted by Gasteiger charge is 2.43. The average molecular weight is 418 g/mol. The van der Waals surface area contributed by atoms with Crippen LogP contribution in [-0.2, 0) is 23.8 Å². The van der Waals surface area contributed by atoms with E-state index in [9.17, 15) is 14.4 Å². The van der Waals surface area contributed by atoms with Crippen LogP contribution < -0.4 is 5.73 Å². The second kappa shape index (κ2) is 12.4. The van der Waals surface area contributed by atoms with E-state index in [-0.39, 0.29) is 12.1 Å². The minimum absolute atomic E-state index is 0.133. The van der Waals surface area contributed by atoms with Crippen LogP contribution in [0.5, 0.6) is 0 Å². The Balaban J connectivity index is 0.000000828. The van der Waals surface area contributed by atoms with E-state index in [1.54, 1.807) is 4.90 Å². The van der Waals surface area contributed by atoms with Gasteiger partial charge in [0, 0.05) is 51.3 Å². The Morgan fingerprint density at radius 3 is 1.93 bits per heavy atom. The van der Waals surface area contributed by atoms with Gasteiger partial charge in [-0.1, -0.05) is 0 Å². The number of piperidine rings is 1. The maximum atomic E-state index is 12.3. The summed E-state index contributed by atoms with van der Waals surface area (Å²) in [5.74, 6) is -3.15. The number of likely N-dealkylation sites (tertiary alicyclic amines) is 1. The number of carbonyl (C=O) groups excluding carboxylic acids is 1. The second-order valence-electron chi connectivity index (χ2n) is 7.30. The molecule has 1 heterocycles. The Morgan fingerprint density at radius 2 is 1.59 bits per heavy atom. The standard InChI is InChI=1S/C15H30N2O4.C4H4O4/c1-6-19-15(20-7-2)8-9-17(12(10-15)11-16)13(18)21-14(3,4)5;5-3(6)1-2-4(7)8/h12H,6-11,16H2,1-5H3;1-2H,(H,5,6)(H,7,8)/b;2-1+/t12-;/m0./s1. The molecule has 10 nitrogen and oxygen atoms in total. The van der Waals surface area contributed by atoms with Crippen molar-refractivity contribution in [1.29, 1.82) is 0 Å². The van der Waals surface area contributed by atoms with Gasteiger partial charge in [-0.25, -0.2) is 14.4 Å². The van der Waals surface area contributed by atoms with Gasteiger partial charge in [0.1, 0.15) is 5.60 Å². The van der Waals surface area contributed by atoms with Crippen LogP contribution in [-0.4, -0.2) is 76.9 Å². The highest BCUT2D eigenvalue weighted by Crippen LogP contribution is 2.32. The van der Waals surface area contributed by atoms with Crippen LogP contribution in [0, 0.1) is 0 Å². The van der Waals surface area contributed by atoms with Crippen LogP contribution in [0.4, 0.5) is 4.79 Å². The molecule has 1 amide bonds. The first kappa shape index (κ1) is 26.8. The number of hydrogen-bond donors (Lipinski definition) is 3. The maximum Gasteiger partial charge on any atom is 0.410 e. The van der Waals surface area contributed by atoms with E-state index < -0.39 is 23.3 Å². The molecule has 0 unspecified atom stereocenters. The fourth-order valence-electron chi connectivity index (χ4n) is 2.79. The van der Waals surface area contributed by atoms with Crippen molar-refractivity contribution in [3.63, 3.8) is 0 Å². The summed E-state index contributed by atoms with van der Waals surface area (Å²) in [4.78, 5) is 33.1. The lowest BCUT2D eigenvalue weighted by Gasteiger charge is -2.45. The third-order valence-corrected chi connectivity index (χ3v) is 3.80. The molecule has 1 saturated heterocycles. The molecule has 1 aliphatic heterocycles. The molecule has 0 aromatic rings. The van der Waals surface area contributed by atoms with Gasteiger partial charge in [0.2, 0.25) is 0 Å². The molecular formula is C19H34N2O8. The van der Waals surface area contributed by atoms with Crippen molar-refractivity contribution in [1.82, 2.24) is 4.90 Å². The van der Waals surface area contributed by atoms with Crippen molar-refractivity contribution in [3.8, 4) is 0 Å². The zero-order chi connectivity index (χ0) is 22.7. The average Bonchev–Trinajstić information content (AvgIpc) is 2.59. The minimum atomic E-state index is -1.26. The van der Waals surface area contributed by atoms with Gasteiger partial charge in [0.05, 0.1) is 6.04 Å². The summed E-state index contributed by atoms with van der Waals surface area (Å²) in [5, 5.41) is 15.6. The van der Waals surface area contributed by atoms with Crippen LogP contribution in [0.25, 0.3) is 0 Å². The summed E-state index contributed by atoms with van der Waals surface area (Å²) >= 11 is 0. The highest BCUT2D eigenvalue weighted by atomic mass is 16.7. The van der Waals surface area contributed by atoms with Gasteiger partial charge >= 0.3 is 18.0 Å². The third kappa shape index (κ3) is 10.8. The van der Waals surface area contributed by atoms with Gasteiger partial charge < -0.3 is 35.1 Å². The Bertz CT molecular complexity index is 549. The Morgan fingerprint density at radius 1 is 1.10 bits per heavy atom. The number of nitrogens with zero attached hydrogens (tertiary/aromatic N) is 1. The van der Waals surface area contributed by atoms with Crippen molar-refractivity contribution in [2.75, 3.05) is 26.3 Å². The van der Waals surface area contributed by atoms with Gasteiger partial charge in [0.15, 0.2) is 5.79 Å². The number of nitrogens with two attached hydrogens (primary N) is 1. The summed E-state index contributed by atoms with van der Waals surface area (Å²) in [7, 11) is 0. The number of hydrogen-bond acceptors (Lipinski definition) is 7. The van der Waals surface area contributed by atoms with Crippen LogP contribution in [0.15, 0.2) is 12.2 Å². The molecule has 1 fully saturated rings. The maximum absolute atomic E-state index is 12.3. The number of aliphatic carboxylic acids is 2. The molecule has 29 heavy (non-hydrogen) atoms. The first-order valence-electron chi connectivity index (χ1n) is 9.51. The van der Waals surface area contributed by atoms with E-state index in [2.05, 4.69) is 0 Å². The van der Waals surface area contributed by atoms with E-state index in [0.717, 1.165) is 0 Å². The number of carboxylic acid groups (broad SMARTS) is 2. The van der Waals surface area contributed by atoms with Gasteiger partial charge in [0.25, 0.3) is 0 Å². The van der Waals surface area contributed by atoms with Crippen molar-refractivity contribution < 1.29 is 38.8 Å². The predicted octanol–water partition coefficient (Wildman–Crippen LogP) is 1.83. The molecule has 168 valence electrons. The summed E-state index contributed by atoms with van der Waals surface area (Å²) in [5.41, 5.74) is 5.34. The van der Waals surface area contributed by atoms with Gasteiger partial charge in [-0.15, -0.1) is 0 Å². The monoisotopic (exact) mass is 418 g/mol. The molecular weight excluding hydrogens is 384 g/mol. The van der Waals surface area contributed by atoms with E-state index >= 15 is 0 Å². The molecule has 0 spiro atoms. The van der Waals surface area contributed by atoms with Crippen molar-refractivity contribution in [3.05, 3.63) is 12.2 Å². The Labute approximate surface area is 171 Å². The first-order valence-corrected chi connectivity index (χ1v) is 9.51. The van der Waals surface area contributed by atoms with E-state index in [1.165, 1.54) is 0 Å². The van der Waals surface area contributed by atoms with E-state index in [1.807, 2.05) is 34.6 Å². The predicted molar refractivity (Wildman–Crippen MR) is 105 cm³/mol. The summed E-state index contributed by atoms with van der Waals surface area (Å²) in [6.07, 6.45) is 2.00. The molecule has 1 rings (SSSR count). The van der Waals surface area contributed by atoms with Crippen molar-refractivity contribution >= 4 is 18.0 Å². The normalized spacial score (nSPS) is 18.7. The van der Waals surface area contributed by atoms with Gasteiger partial charge in [-0.05, 0) is 34.6 Å². The SMILES string of the molecule is CCOC1(OCC)CCN(C(=O)OC(C)(C)C)[C@H](CN)C1.O=C(O)/C=C/C(=O)O. The van der Waals surface area contributed by atoms with Crippen LogP contribution in [0.3, 0.4) is 0 Å². The fraction of sp³-hybridized carbons (Fsp3) is 0.737. The lowest BCUT2D eigenvalue weighted by molar-refractivity contribution is -0.258. The van der Waals surface area contributed by atoms with Gasteiger partial charge in [-0.2, -0.15) is 0 Å². The molecule has 0 saturated carbocycles. The summed E-state index contributed by atoms with van der Waals surface area (Å²) in [6.45, 7) is 11.5. The topological polar surface area (TPSA) is 149 Å². The number of rotatable bonds is 7. The fourth-order valence-corrected chi connectivity index (χ4v) is 2.79. The summed E-state index contributed by atoms with van der Waals surface area (Å²) in [6, 6.07) is -0.133. The number of amides is 1. The lowest BCUT2D eigenvalue weighted by atomic mass is 9.96. The number of ether oxygens (including phenoxy) is 3. The second-order valence-corrected chi connectivity index (χ2v) is 7.30. The Hall–Kier alpha value is -2.17. The zero-order valence-electron chi connectivity index (χ0n) is 17.8. The van der Waals surface area contributed by atoms with Crippen molar-refractivity contribution in [2.24, 2.45) is 5.73 Å². The molecule has 0 aliphatic carbocycles. The smallest absolute Gasteiger partial charge is 0.410 e. The van der Waals surface area contributed by atoms with Crippen LogP contribution in [0.1, 0.15) is 47.5 Å². The molecule has 0 aromatic heterocycles. The Kier molecular flexibility index (Phi) is 11.5. The minimum Gasteiger partial charge on any atom is -0.478 e. The molecule has 0 bridgehead atoms. The molecule has 0 radical (unpaired) electrons. The lowest BCUT2D eigenvalue weighted by Crippen LogP contribution is -2.57. The number of carbonyl (C=O) groups is 3. The van der Waals surface area contributed by atoms with E-state index in [4.69, 9.17) is 30.2 Å². The molecule has 4 N–H and O–H groups in total. The van der Waals surface area contributed by atoms with Crippen molar-refractivity contribution in [2.45, 2.75) is 64.9 Å². The molecule has 1 atom stereocenters. The number of carboxylic acids is 2. The zero-order valence-corrected chi connectivity index (χ0v) is 17.8. The first-order chi connectivity index (χ1) is 13.4. The van der Waals surface area contributed by atoms with Crippen LogP contribution >= 0.6 is 0 Å². The van der Waals surface area contributed by atoms with Gasteiger partial charge in [-0.3, -0.25) is 0 Å². The molecule has 10 heteroatoms. The molecule has 0 aromatic carbocycles. The van der Waals surface area contributed by atoms with Crippen LogP contribution in [0.2, 0.25) is 0 Å². The molecule has 1 aliphatic rings. The summed E-state index contributed by atoms with van der Waals surface area (Å²) < 4.78 is 17.1. The largest absolute Gasteiger partial charge is 0.478 e. The third-order valence-electron chi connectivity index (χ3n) is 3.80.